The maximum atomic E-state index is 15.6. The maximum Gasteiger partial charge on any atom is 0.408 e. The van der Waals surface area contributed by atoms with Crippen molar-refractivity contribution in [1.29, 1.82) is 0 Å². The second-order valence-corrected chi connectivity index (χ2v) is 18.4. The number of hydrogen-bond donors (Lipinski definition) is 4. The van der Waals surface area contributed by atoms with Crippen LogP contribution in [0.3, 0.4) is 0 Å². The molecular weight excluding hydrogens is 789 g/mol. The van der Waals surface area contributed by atoms with Crippen molar-refractivity contribution in [2.75, 3.05) is 6.61 Å². The van der Waals surface area contributed by atoms with Gasteiger partial charge in [-0.2, -0.15) is 0 Å². The summed E-state index contributed by atoms with van der Waals surface area (Å²) >= 11 is 0. The Balaban J connectivity index is 1.53. The van der Waals surface area contributed by atoms with Crippen LogP contribution < -0.4 is 5.32 Å². The minimum absolute atomic E-state index is 0.0735. The lowest BCUT2D eigenvalue weighted by atomic mass is 9.44. The van der Waals surface area contributed by atoms with Gasteiger partial charge in [0.15, 0.2) is 17.5 Å². The number of carbonyl (C=O) groups is 5. The Morgan fingerprint density at radius 2 is 1.62 bits per heavy atom. The van der Waals surface area contributed by atoms with Gasteiger partial charge in [-0.05, 0) is 63.5 Å². The Morgan fingerprint density at radius 1 is 1.00 bits per heavy atom. The van der Waals surface area contributed by atoms with E-state index in [1.54, 1.807) is 90.1 Å². The average Bonchev–Trinajstić information content (AvgIpc) is 3.19. The van der Waals surface area contributed by atoms with Crippen molar-refractivity contribution in [3.63, 3.8) is 0 Å². The Hall–Kier alpha value is -4.61. The Bertz CT molecular complexity index is 2040. The number of aliphatic hydroxyl groups is 3. The number of esters is 3. The third-order valence-corrected chi connectivity index (χ3v) is 13.0. The molecule has 330 valence electrons. The van der Waals surface area contributed by atoms with Gasteiger partial charge in [-0.1, -0.05) is 75.6 Å². The number of rotatable bonds is 11. The molecule has 3 aliphatic carbocycles. The number of ether oxygens (including phenoxy) is 5. The highest BCUT2D eigenvalue weighted by Gasteiger charge is 2.78. The first-order chi connectivity index (χ1) is 28.5. The van der Waals surface area contributed by atoms with Gasteiger partial charge in [-0.3, -0.25) is 9.59 Å². The van der Waals surface area contributed by atoms with E-state index in [0.29, 0.717) is 17.5 Å². The zero-order valence-corrected chi connectivity index (χ0v) is 36.3. The minimum atomic E-state index is -2.28. The van der Waals surface area contributed by atoms with Gasteiger partial charge in [0.1, 0.15) is 35.6 Å². The van der Waals surface area contributed by atoms with E-state index in [9.17, 15) is 34.5 Å². The first kappa shape index (κ1) is 45.9. The first-order valence-electron chi connectivity index (χ1n) is 20.8. The Labute approximate surface area is 356 Å². The molecular formula is C45H58BNO14. The van der Waals surface area contributed by atoms with Gasteiger partial charge >= 0.3 is 24.0 Å². The van der Waals surface area contributed by atoms with E-state index in [2.05, 4.69) is 5.32 Å². The fourth-order valence-corrected chi connectivity index (χ4v) is 9.92. The molecule has 1 heterocycles. The molecule has 2 aromatic rings. The van der Waals surface area contributed by atoms with Crippen LogP contribution in [0, 0.1) is 16.7 Å². The Kier molecular flexibility index (Phi) is 12.7. The third kappa shape index (κ3) is 8.13. The molecule has 0 radical (unpaired) electrons. The molecule has 16 heteroatoms. The molecule has 0 spiro atoms. The summed E-state index contributed by atoms with van der Waals surface area (Å²) in [6.07, 6.45) is -10.0. The number of Topliss-reactive ketones (excluding diaryl/α,β-unsaturated/α-hetero) is 1. The van der Waals surface area contributed by atoms with Gasteiger partial charge in [0, 0.05) is 25.2 Å². The summed E-state index contributed by atoms with van der Waals surface area (Å²) in [5, 5.41) is 40.1. The second-order valence-electron chi connectivity index (χ2n) is 18.4. The van der Waals surface area contributed by atoms with Crippen LogP contribution in [0.1, 0.15) is 97.1 Å². The summed E-state index contributed by atoms with van der Waals surface area (Å²) in [6, 6.07) is 14.9. The Morgan fingerprint density at radius 3 is 2.18 bits per heavy atom. The molecule has 1 aliphatic heterocycles. The molecule has 2 unspecified atom stereocenters. The number of ketones is 1. The zero-order valence-electron chi connectivity index (χ0n) is 36.3. The fourth-order valence-electron chi connectivity index (χ4n) is 9.92. The molecule has 4 aliphatic rings. The van der Waals surface area contributed by atoms with E-state index in [0.717, 1.165) is 0 Å². The maximum absolute atomic E-state index is 15.6. The summed E-state index contributed by atoms with van der Waals surface area (Å²) in [6.45, 7) is 14.3. The van der Waals surface area contributed by atoms with E-state index in [4.69, 9.17) is 28.3 Å². The predicted molar refractivity (Wildman–Crippen MR) is 220 cm³/mol. The minimum Gasteiger partial charge on any atom is -0.456 e. The van der Waals surface area contributed by atoms with Crippen molar-refractivity contribution in [2.45, 2.75) is 141 Å². The number of carbonyl (C=O) groups excluding carboxylic acids is 5. The van der Waals surface area contributed by atoms with E-state index in [1.807, 2.05) is 6.92 Å². The SMILES string of the molecule is CCBO[C@H]1C(=O)[C@]2(C)C(O)C[C@H]3OC[C@@]3(OC(C)=O)[C@H]2[C@H](OC(=O)c2ccccc2)[C@]2(O)CC(OC(=O)[C@H](O)[C@@H](NC(=O)OC(C)(C)C)c3ccccc3)C(C)=C1C2(C)C. The molecule has 15 nitrogen and oxygen atoms in total. The molecule has 0 aromatic heterocycles. The number of amides is 1. The molecule has 1 saturated heterocycles. The average molecular weight is 848 g/mol. The molecule has 2 bridgehead atoms. The summed E-state index contributed by atoms with van der Waals surface area (Å²) in [7, 11) is 0.0735. The molecule has 3 fully saturated rings. The first-order valence-corrected chi connectivity index (χ1v) is 20.8. The monoisotopic (exact) mass is 847 g/mol. The standard InChI is InChI=1S/C45H58BNO14/c1-10-46-61-34-31-24(2)28(57-39(53)33(50)32(26-17-13-11-14-18-26)47-40(54)60-41(4,5)6)22-45(55,42(31,7)8)37(58-38(52)27-19-15-12-16-20-27)35-43(9,36(34)51)29(49)21-30-44(35,23-56-30)59-25(3)48/h11-20,28-30,32-35,37,46,49-50,55H,10,21-23H2,1-9H3,(H,47,54)/t28?,29?,30-,32+,33-,34-,35+,37+,43-,44+,45-/m1/s1. The van der Waals surface area contributed by atoms with E-state index >= 15 is 4.79 Å². The van der Waals surface area contributed by atoms with Crippen LogP contribution in [0.25, 0.3) is 0 Å². The molecule has 61 heavy (non-hydrogen) atoms. The number of hydrogen-bond acceptors (Lipinski definition) is 14. The van der Waals surface area contributed by atoms with Gasteiger partial charge < -0.3 is 49.0 Å². The molecule has 1 amide bonds. The van der Waals surface area contributed by atoms with Crippen molar-refractivity contribution in [2.24, 2.45) is 16.7 Å². The van der Waals surface area contributed by atoms with Crippen molar-refractivity contribution in [1.82, 2.24) is 5.32 Å². The molecule has 2 saturated carbocycles. The number of alkyl carbamates (subject to hydrolysis) is 1. The van der Waals surface area contributed by atoms with Crippen molar-refractivity contribution >= 4 is 37.3 Å². The number of nitrogens with one attached hydrogen (secondary N) is 1. The number of benzene rings is 2. The lowest BCUT2D eigenvalue weighted by Gasteiger charge is -2.67. The summed E-state index contributed by atoms with van der Waals surface area (Å²) in [4.78, 5) is 70.2. The van der Waals surface area contributed by atoms with Crippen LogP contribution in [-0.2, 0) is 42.7 Å². The van der Waals surface area contributed by atoms with Crippen LogP contribution >= 0.6 is 0 Å². The van der Waals surface area contributed by atoms with Crippen LogP contribution in [0.4, 0.5) is 4.79 Å². The van der Waals surface area contributed by atoms with Gasteiger partial charge in [0.2, 0.25) is 0 Å². The largest absolute Gasteiger partial charge is 0.456 e. The third-order valence-electron chi connectivity index (χ3n) is 13.0. The van der Waals surface area contributed by atoms with E-state index < -0.39 is 112 Å². The van der Waals surface area contributed by atoms with Crippen LogP contribution in [0.2, 0.25) is 6.32 Å². The van der Waals surface area contributed by atoms with Crippen molar-refractivity contribution in [3.05, 3.63) is 82.9 Å². The van der Waals surface area contributed by atoms with Gasteiger partial charge in [0.25, 0.3) is 7.48 Å². The lowest BCUT2D eigenvalue weighted by molar-refractivity contribution is -0.345. The molecule has 6 rings (SSSR count). The lowest BCUT2D eigenvalue weighted by Crippen LogP contribution is -2.82. The summed E-state index contributed by atoms with van der Waals surface area (Å²) < 4.78 is 36.5. The highest BCUT2D eigenvalue weighted by Crippen LogP contribution is 2.64. The van der Waals surface area contributed by atoms with Crippen molar-refractivity contribution < 1.29 is 67.6 Å². The van der Waals surface area contributed by atoms with Crippen LogP contribution in [0.15, 0.2) is 71.8 Å². The van der Waals surface area contributed by atoms with Crippen LogP contribution in [0.5, 0.6) is 0 Å². The normalized spacial score (nSPS) is 32.6. The topological polar surface area (TPSA) is 213 Å². The predicted octanol–water partition coefficient (Wildman–Crippen LogP) is 4.07. The van der Waals surface area contributed by atoms with Gasteiger partial charge in [-0.25, -0.2) is 14.4 Å². The summed E-state index contributed by atoms with van der Waals surface area (Å²) in [5.41, 5.74) is -7.25. The molecule has 4 N–H and O–H groups in total. The molecule has 11 atom stereocenters. The highest BCUT2D eigenvalue weighted by molar-refractivity contribution is 6.27. The molecule has 2 aromatic carbocycles. The zero-order chi connectivity index (χ0) is 44.9. The van der Waals surface area contributed by atoms with Gasteiger partial charge in [0.05, 0.1) is 35.6 Å². The number of aliphatic hydroxyl groups excluding tert-OH is 2. The fraction of sp³-hybridized carbons (Fsp3) is 0.578. The van der Waals surface area contributed by atoms with Crippen LogP contribution in [-0.4, -0.2) is 113 Å². The van der Waals surface area contributed by atoms with E-state index in [-0.39, 0.29) is 31.6 Å². The quantitative estimate of drug-likeness (QED) is 0.109. The smallest absolute Gasteiger partial charge is 0.408 e. The van der Waals surface area contributed by atoms with E-state index in [1.165, 1.54) is 26.0 Å². The summed E-state index contributed by atoms with van der Waals surface area (Å²) in [5.74, 6) is -4.86. The van der Waals surface area contributed by atoms with Crippen molar-refractivity contribution in [3.8, 4) is 0 Å². The highest BCUT2D eigenvalue weighted by atomic mass is 16.6. The number of fused-ring (bicyclic) bond motifs is 5. The second kappa shape index (κ2) is 16.9. The van der Waals surface area contributed by atoms with Gasteiger partial charge in [-0.15, -0.1) is 0 Å².